The Morgan fingerprint density at radius 3 is 2.89 bits per heavy atom. The van der Waals surface area contributed by atoms with Crippen LogP contribution in [0.1, 0.15) is 18.7 Å². The van der Waals surface area contributed by atoms with Crippen molar-refractivity contribution in [2.45, 2.75) is 29.5 Å². The maximum Gasteiger partial charge on any atom is 0.240 e. The number of nitrogens with zero attached hydrogens (tertiary/aromatic N) is 2. The summed E-state index contributed by atoms with van der Waals surface area (Å²) in [5.74, 6) is 0.956. The van der Waals surface area contributed by atoms with Crippen molar-refractivity contribution in [1.29, 1.82) is 0 Å². The molecule has 0 radical (unpaired) electrons. The predicted molar refractivity (Wildman–Crippen MR) is 71.5 cm³/mol. The SMILES string of the molecule is NCc1nc(-c2ccc(SC3CC3)c(Cl)c2)no1. The maximum absolute atomic E-state index is 6.26. The van der Waals surface area contributed by atoms with Crippen LogP contribution in [0.5, 0.6) is 0 Å². The molecular formula is C12H12ClN3OS. The number of benzene rings is 1. The Hall–Kier alpha value is -1.04. The lowest BCUT2D eigenvalue weighted by Gasteiger charge is -2.03. The topological polar surface area (TPSA) is 64.9 Å². The molecule has 0 saturated heterocycles. The number of thioether (sulfide) groups is 1. The molecule has 0 unspecified atom stereocenters. The summed E-state index contributed by atoms with van der Waals surface area (Å²) in [7, 11) is 0. The highest BCUT2D eigenvalue weighted by Crippen LogP contribution is 2.42. The lowest BCUT2D eigenvalue weighted by atomic mass is 10.2. The maximum atomic E-state index is 6.26. The van der Waals surface area contributed by atoms with E-state index in [1.807, 2.05) is 30.0 Å². The number of hydrogen-bond acceptors (Lipinski definition) is 5. The van der Waals surface area contributed by atoms with Crippen molar-refractivity contribution in [3.05, 3.63) is 29.1 Å². The van der Waals surface area contributed by atoms with E-state index in [4.69, 9.17) is 21.9 Å². The van der Waals surface area contributed by atoms with E-state index in [1.165, 1.54) is 12.8 Å². The summed E-state index contributed by atoms with van der Waals surface area (Å²) in [4.78, 5) is 5.29. The van der Waals surface area contributed by atoms with Crippen molar-refractivity contribution in [1.82, 2.24) is 10.1 Å². The molecule has 18 heavy (non-hydrogen) atoms. The molecule has 2 aromatic rings. The minimum absolute atomic E-state index is 0.246. The van der Waals surface area contributed by atoms with Gasteiger partial charge in [0.2, 0.25) is 11.7 Å². The highest BCUT2D eigenvalue weighted by Gasteiger charge is 2.23. The fourth-order valence-electron chi connectivity index (χ4n) is 1.56. The third kappa shape index (κ3) is 2.53. The average Bonchev–Trinajstić information content (AvgIpc) is 3.06. The molecule has 4 nitrogen and oxygen atoms in total. The van der Waals surface area contributed by atoms with Gasteiger partial charge in [0, 0.05) is 15.7 Å². The summed E-state index contributed by atoms with van der Waals surface area (Å²) in [6.07, 6.45) is 2.57. The molecule has 1 aromatic heterocycles. The van der Waals surface area contributed by atoms with Crippen LogP contribution >= 0.6 is 23.4 Å². The van der Waals surface area contributed by atoms with Crippen molar-refractivity contribution in [2.75, 3.05) is 0 Å². The summed E-state index contributed by atoms with van der Waals surface area (Å²) < 4.78 is 4.98. The van der Waals surface area contributed by atoms with E-state index in [0.717, 1.165) is 20.7 Å². The monoisotopic (exact) mass is 281 g/mol. The first-order chi connectivity index (χ1) is 8.76. The van der Waals surface area contributed by atoms with Crippen molar-refractivity contribution in [3.63, 3.8) is 0 Å². The molecule has 0 bridgehead atoms. The van der Waals surface area contributed by atoms with Gasteiger partial charge in [-0.15, -0.1) is 11.8 Å². The first-order valence-electron chi connectivity index (χ1n) is 5.75. The van der Waals surface area contributed by atoms with Crippen molar-refractivity contribution in [3.8, 4) is 11.4 Å². The Balaban J connectivity index is 1.86. The van der Waals surface area contributed by atoms with Crippen LogP contribution in [0.3, 0.4) is 0 Å². The van der Waals surface area contributed by atoms with E-state index in [0.29, 0.717) is 11.7 Å². The molecule has 1 heterocycles. The number of rotatable bonds is 4. The standard InChI is InChI=1S/C12H12ClN3OS/c13-9-5-7(12-15-11(6-14)17-16-12)1-4-10(9)18-8-2-3-8/h1,4-5,8H,2-3,6,14H2. The lowest BCUT2D eigenvalue weighted by Crippen LogP contribution is -1.95. The molecular weight excluding hydrogens is 270 g/mol. The first kappa shape index (κ1) is 12.0. The van der Waals surface area contributed by atoms with E-state index in [9.17, 15) is 0 Å². The molecule has 0 spiro atoms. The van der Waals surface area contributed by atoms with Crippen LogP contribution in [0.2, 0.25) is 5.02 Å². The van der Waals surface area contributed by atoms with Crippen LogP contribution in [0.4, 0.5) is 0 Å². The van der Waals surface area contributed by atoms with Gasteiger partial charge < -0.3 is 10.3 Å². The molecule has 1 aliphatic carbocycles. The van der Waals surface area contributed by atoms with Gasteiger partial charge in [0.1, 0.15) is 0 Å². The number of hydrogen-bond donors (Lipinski definition) is 1. The average molecular weight is 282 g/mol. The van der Waals surface area contributed by atoms with Crippen LogP contribution in [0.25, 0.3) is 11.4 Å². The highest BCUT2D eigenvalue weighted by molar-refractivity contribution is 8.00. The lowest BCUT2D eigenvalue weighted by molar-refractivity contribution is 0.380. The van der Waals surface area contributed by atoms with E-state index in [-0.39, 0.29) is 6.54 Å². The van der Waals surface area contributed by atoms with Crippen molar-refractivity contribution < 1.29 is 4.52 Å². The summed E-state index contributed by atoms with van der Waals surface area (Å²) in [5, 5.41) is 5.35. The van der Waals surface area contributed by atoms with Gasteiger partial charge in [-0.05, 0) is 31.0 Å². The Morgan fingerprint density at radius 2 is 2.28 bits per heavy atom. The first-order valence-corrected chi connectivity index (χ1v) is 7.01. The van der Waals surface area contributed by atoms with Gasteiger partial charge in [-0.25, -0.2) is 0 Å². The van der Waals surface area contributed by atoms with Gasteiger partial charge in [-0.3, -0.25) is 0 Å². The van der Waals surface area contributed by atoms with Gasteiger partial charge >= 0.3 is 0 Å². The van der Waals surface area contributed by atoms with Crippen LogP contribution < -0.4 is 5.73 Å². The Kier molecular flexibility index (Phi) is 3.28. The van der Waals surface area contributed by atoms with Gasteiger partial charge in [0.05, 0.1) is 11.6 Å². The largest absolute Gasteiger partial charge is 0.338 e. The predicted octanol–water partition coefficient (Wildman–Crippen LogP) is 3.10. The van der Waals surface area contributed by atoms with E-state index in [1.54, 1.807) is 0 Å². The number of halogens is 1. The van der Waals surface area contributed by atoms with E-state index < -0.39 is 0 Å². The molecule has 1 fully saturated rings. The molecule has 1 aromatic carbocycles. The second-order valence-electron chi connectivity index (χ2n) is 4.18. The minimum Gasteiger partial charge on any atom is -0.338 e. The van der Waals surface area contributed by atoms with E-state index >= 15 is 0 Å². The molecule has 1 aliphatic rings. The van der Waals surface area contributed by atoms with E-state index in [2.05, 4.69) is 10.1 Å². The second-order valence-corrected chi connectivity index (χ2v) is 5.93. The summed E-state index contributed by atoms with van der Waals surface area (Å²) in [6, 6.07) is 5.85. The Labute approximate surface area is 114 Å². The third-order valence-electron chi connectivity index (χ3n) is 2.65. The zero-order chi connectivity index (χ0) is 12.5. The van der Waals surface area contributed by atoms with Crippen molar-refractivity contribution >= 4 is 23.4 Å². The van der Waals surface area contributed by atoms with Crippen molar-refractivity contribution in [2.24, 2.45) is 5.73 Å². The van der Waals surface area contributed by atoms with Crippen LogP contribution in [-0.2, 0) is 6.54 Å². The molecule has 0 aliphatic heterocycles. The summed E-state index contributed by atoms with van der Waals surface area (Å²) in [5.41, 5.74) is 6.28. The molecule has 6 heteroatoms. The summed E-state index contributed by atoms with van der Waals surface area (Å²) >= 11 is 8.09. The zero-order valence-electron chi connectivity index (χ0n) is 9.60. The van der Waals surface area contributed by atoms with Gasteiger partial charge in [0.25, 0.3) is 0 Å². The molecule has 2 N–H and O–H groups in total. The van der Waals surface area contributed by atoms with Crippen LogP contribution in [-0.4, -0.2) is 15.4 Å². The quantitative estimate of drug-likeness (QED) is 0.933. The normalized spacial score (nSPS) is 15.0. The number of nitrogens with two attached hydrogens (primary N) is 1. The fourth-order valence-corrected chi connectivity index (χ4v) is 2.92. The van der Waals surface area contributed by atoms with Gasteiger partial charge in [-0.1, -0.05) is 16.8 Å². The minimum atomic E-state index is 0.246. The van der Waals surface area contributed by atoms with Crippen LogP contribution in [0, 0.1) is 0 Å². The summed E-state index contributed by atoms with van der Waals surface area (Å²) in [6.45, 7) is 0.246. The molecule has 0 atom stereocenters. The zero-order valence-corrected chi connectivity index (χ0v) is 11.2. The van der Waals surface area contributed by atoms with Gasteiger partial charge in [0.15, 0.2) is 0 Å². The molecule has 1 saturated carbocycles. The highest BCUT2D eigenvalue weighted by atomic mass is 35.5. The molecule has 0 amide bonds. The number of aromatic nitrogens is 2. The fraction of sp³-hybridized carbons (Fsp3) is 0.333. The third-order valence-corrected chi connectivity index (χ3v) is 4.49. The molecule has 94 valence electrons. The Morgan fingerprint density at radius 1 is 1.44 bits per heavy atom. The molecule has 3 rings (SSSR count). The van der Waals surface area contributed by atoms with Gasteiger partial charge in [-0.2, -0.15) is 4.98 Å². The smallest absolute Gasteiger partial charge is 0.240 e. The van der Waals surface area contributed by atoms with Crippen LogP contribution in [0.15, 0.2) is 27.6 Å². The second kappa shape index (κ2) is 4.91. The Bertz CT molecular complexity index is 568.